The van der Waals surface area contributed by atoms with Crippen LogP contribution in [0.1, 0.15) is 11.7 Å². The van der Waals surface area contributed by atoms with Crippen LogP contribution in [0.4, 0.5) is 4.39 Å². The minimum absolute atomic E-state index is 0.0828. The number of ether oxygens (including phenoxy) is 3. The first-order chi connectivity index (χ1) is 7.84. The number of nitrogens with one attached hydrogen (secondary N) is 1. The Labute approximate surface area is 92.3 Å². The van der Waals surface area contributed by atoms with Crippen molar-refractivity contribution in [3.63, 3.8) is 0 Å². The van der Waals surface area contributed by atoms with Crippen LogP contribution in [0.25, 0.3) is 0 Å². The Morgan fingerprint density at radius 2 is 2.25 bits per heavy atom. The predicted molar refractivity (Wildman–Crippen MR) is 54.1 cm³/mol. The number of hydrogen-bond acceptors (Lipinski definition) is 4. The predicted octanol–water partition coefficient (Wildman–Crippen LogP) is 1.22. The molecular weight excluding hydrogens is 213 g/mol. The van der Waals surface area contributed by atoms with Crippen LogP contribution in [0.15, 0.2) is 12.1 Å². The van der Waals surface area contributed by atoms with Crippen molar-refractivity contribution in [3.05, 3.63) is 23.5 Å². The first kappa shape index (κ1) is 9.86. The molecule has 1 N–H and O–H groups in total. The SMILES string of the molecule is Fc1cc(C2CNCCO2)cc2c1OCO2. The number of hydrogen-bond donors (Lipinski definition) is 1. The zero-order valence-corrected chi connectivity index (χ0v) is 8.66. The van der Waals surface area contributed by atoms with Gasteiger partial charge in [-0.15, -0.1) is 0 Å². The van der Waals surface area contributed by atoms with E-state index in [1.165, 1.54) is 6.07 Å². The summed E-state index contributed by atoms with van der Waals surface area (Å²) in [5, 5.41) is 3.20. The van der Waals surface area contributed by atoms with Crippen LogP contribution in [-0.2, 0) is 4.74 Å². The molecule has 0 saturated carbocycles. The lowest BCUT2D eigenvalue weighted by molar-refractivity contribution is 0.0274. The summed E-state index contributed by atoms with van der Waals surface area (Å²) in [6, 6.07) is 3.23. The molecule has 2 heterocycles. The van der Waals surface area contributed by atoms with Crippen LogP contribution in [0, 0.1) is 5.82 Å². The van der Waals surface area contributed by atoms with Gasteiger partial charge >= 0.3 is 0 Å². The molecule has 4 nitrogen and oxygen atoms in total. The zero-order valence-electron chi connectivity index (χ0n) is 8.66. The van der Waals surface area contributed by atoms with E-state index in [1.54, 1.807) is 6.07 Å². The van der Waals surface area contributed by atoms with E-state index in [1.807, 2.05) is 0 Å². The summed E-state index contributed by atoms with van der Waals surface area (Å²) >= 11 is 0. The van der Waals surface area contributed by atoms with Crippen molar-refractivity contribution in [3.8, 4) is 11.5 Å². The smallest absolute Gasteiger partial charge is 0.231 e. The van der Waals surface area contributed by atoms with Crippen molar-refractivity contribution >= 4 is 0 Å². The maximum atomic E-state index is 13.6. The van der Waals surface area contributed by atoms with Gasteiger partial charge in [0.15, 0.2) is 11.6 Å². The highest BCUT2D eigenvalue weighted by Gasteiger charge is 2.23. The molecule has 0 radical (unpaired) electrons. The van der Waals surface area contributed by atoms with E-state index in [-0.39, 0.29) is 24.5 Å². The highest BCUT2D eigenvalue weighted by Crippen LogP contribution is 2.37. The number of rotatable bonds is 1. The molecule has 0 bridgehead atoms. The van der Waals surface area contributed by atoms with Crippen molar-refractivity contribution < 1.29 is 18.6 Å². The van der Waals surface area contributed by atoms with E-state index >= 15 is 0 Å². The van der Waals surface area contributed by atoms with Crippen LogP contribution in [-0.4, -0.2) is 26.5 Å². The van der Waals surface area contributed by atoms with Gasteiger partial charge in [0, 0.05) is 13.1 Å². The van der Waals surface area contributed by atoms with E-state index in [4.69, 9.17) is 14.2 Å². The van der Waals surface area contributed by atoms with Gasteiger partial charge in [0.05, 0.1) is 12.7 Å². The number of fused-ring (bicyclic) bond motifs is 1. The Hall–Kier alpha value is -1.33. The van der Waals surface area contributed by atoms with E-state index < -0.39 is 0 Å². The molecular formula is C11H12FNO3. The van der Waals surface area contributed by atoms with E-state index in [9.17, 15) is 4.39 Å². The molecule has 5 heteroatoms. The van der Waals surface area contributed by atoms with Crippen LogP contribution >= 0.6 is 0 Å². The molecule has 16 heavy (non-hydrogen) atoms. The first-order valence-corrected chi connectivity index (χ1v) is 5.26. The molecule has 2 aliphatic heterocycles. The summed E-state index contributed by atoms with van der Waals surface area (Å²) in [4.78, 5) is 0. The quantitative estimate of drug-likeness (QED) is 0.780. The molecule has 1 saturated heterocycles. The Kier molecular flexibility index (Phi) is 2.41. The Morgan fingerprint density at radius 1 is 1.31 bits per heavy atom. The Balaban J connectivity index is 1.92. The molecule has 3 rings (SSSR count). The molecule has 0 amide bonds. The summed E-state index contributed by atoms with van der Waals surface area (Å²) in [6.07, 6.45) is -0.113. The van der Waals surface area contributed by atoms with Gasteiger partial charge in [0.2, 0.25) is 12.5 Å². The molecule has 0 spiro atoms. The van der Waals surface area contributed by atoms with Crippen molar-refractivity contribution in [1.82, 2.24) is 5.32 Å². The molecule has 1 fully saturated rings. The topological polar surface area (TPSA) is 39.7 Å². The Bertz CT molecular complexity index is 404. The Morgan fingerprint density at radius 3 is 3.06 bits per heavy atom. The molecule has 86 valence electrons. The van der Waals surface area contributed by atoms with Gasteiger partial charge in [0.25, 0.3) is 0 Å². The summed E-state index contributed by atoms with van der Waals surface area (Å²) in [7, 11) is 0. The third-order valence-electron chi connectivity index (χ3n) is 2.75. The summed E-state index contributed by atoms with van der Waals surface area (Å²) in [5.41, 5.74) is 0.786. The fourth-order valence-electron chi connectivity index (χ4n) is 1.95. The summed E-state index contributed by atoms with van der Waals surface area (Å²) in [6.45, 7) is 2.25. The standard InChI is InChI=1S/C11H12FNO3/c12-8-3-7(10-5-13-1-2-14-10)4-9-11(8)16-6-15-9/h3-4,10,13H,1-2,5-6H2. The van der Waals surface area contributed by atoms with Crippen LogP contribution in [0.2, 0.25) is 0 Å². The van der Waals surface area contributed by atoms with E-state index in [0.717, 1.165) is 12.1 Å². The molecule has 0 aliphatic carbocycles. The van der Waals surface area contributed by atoms with Crippen molar-refractivity contribution in [1.29, 1.82) is 0 Å². The van der Waals surface area contributed by atoms with Crippen molar-refractivity contribution in [2.45, 2.75) is 6.10 Å². The second-order valence-corrected chi connectivity index (χ2v) is 3.80. The molecule has 0 aromatic heterocycles. The minimum Gasteiger partial charge on any atom is -0.453 e. The summed E-state index contributed by atoms with van der Waals surface area (Å²) in [5.74, 6) is 0.274. The van der Waals surface area contributed by atoms with Gasteiger partial charge in [-0.2, -0.15) is 0 Å². The number of halogens is 1. The molecule has 2 aliphatic rings. The number of morpholine rings is 1. The van der Waals surface area contributed by atoms with Gasteiger partial charge in [-0.3, -0.25) is 0 Å². The highest BCUT2D eigenvalue weighted by molar-refractivity contribution is 5.46. The minimum atomic E-state index is -0.390. The largest absolute Gasteiger partial charge is 0.453 e. The maximum absolute atomic E-state index is 13.6. The molecule has 1 aromatic rings. The second-order valence-electron chi connectivity index (χ2n) is 3.80. The second kappa shape index (κ2) is 3.92. The monoisotopic (exact) mass is 225 g/mol. The third-order valence-corrected chi connectivity index (χ3v) is 2.75. The van der Waals surface area contributed by atoms with Crippen molar-refractivity contribution in [2.75, 3.05) is 26.5 Å². The van der Waals surface area contributed by atoms with Gasteiger partial charge < -0.3 is 19.5 Å². The fraction of sp³-hybridized carbons (Fsp3) is 0.455. The van der Waals surface area contributed by atoms with E-state index in [0.29, 0.717) is 18.9 Å². The molecule has 1 atom stereocenters. The average molecular weight is 225 g/mol. The zero-order chi connectivity index (χ0) is 11.0. The van der Waals surface area contributed by atoms with Gasteiger partial charge in [-0.25, -0.2) is 4.39 Å². The normalized spacial score (nSPS) is 23.4. The van der Waals surface area contributed by atoms with E-state index in [2.05, 4.69) is 5.32 Å². The molecule has 1 aromatic carbocycles. The maximum Gasteiger partial charge on any atom is 0.231 e. The number of benzene rings is 1. The van der Waals surface area contributed by atoms with Crippen molar-refractivity contribution in [2.24, 2.45) is 0 Å². The lowest BCUT2D eigenvalue weighted by Gasteiger charge is -2.24. The van der Waals surface area contributed by atoms with Gasteiger partial charge in [0.1, 0.15) is 0 Å². The average Bonchev–Trinajstić information content (AvgIpc) is 2.79. The van der Waals surface area contributed by atoms with Crippen LogP contribution in [0.3, 0.4) is 0 Å². The van der Waals surface area contributed by atoms with Crippen LogP contribution in [0.5, 0.6) is 11.5 Å². The van der Waals surface area contributed by atoms with Gasteiger partial charge in [-0.1, -0.05) is 0 Å². The molecule has 1 unspecified atom stereocenters. The first-order valence-electron chi connectivity index (χ1n) is 5.26. The van der Waals surface area contributed by atoms with Crippen LogP contribution < -0.4 is 14.8 Å². The lowest BCUT2D eigenvalue weighted by Crippen LogP contribution is -2.33. The summed E-state index contributed by atoms with van der Waals surface area (Å²) < 4.78 is 29.4. The highest BCUT2D eigenvalue weighted by atomic mass is 19.1. The lowest BCUT2D eigenvalue weighted by atomic mass is 10.1. The fourth-order valence-corrected chi connectivity index (χ4v) is 1.95. The van der Waals surface area contributed by atoms with Gasteiger partial charge in [-0.05, 0) is 17.7 Å². The third kappa shape index (κ3) is 1.62.